The van der Waals surface area contributed by atoms with Gasteiger partial charge < -0.3 is 174 Å². The molecule has 0 saturated carbocycles. The Morgan fingerprint density at radius 1 is 0.247 bits per heavy atom. The molecule has 0 radical (unpaired) electrons. The molecule has 32 atom stereocenters. The fraction of sp³-hybridized carbons (Fsp3) is 0.952. The van der Waals surface area contributed by atoms with Gasteiger partial charge in [-0.2, -0.15) is 0 Å². The number of aliphatic hydroxyl groups excluding tert-OH is 22. The molecule has 0 aliphatic carbocycles. The van der Waals surface area contributed by atoms with Crippen LogP contribution >= 0.6 is 0 Å². The number of hydrogen-bond donors (Lipinski definition) is 22. The van der Waals surface area contributed by atoms with Gasteiger partial charge in [0, 0.05) is 13.0 Å². The highest BCUT2D eigenvalue weighted by Gasteiger charge is 2.58. The van der Waals surface area contributed by atoms with Crippen molar-refractivity contribution in [1.29, 1.82) is 0 Å². The summed E-state index contributed by atoms with van der Waals surface area (Å²) in [5.74, 6) is -2.86. The molecule has 35 heteroatoms. The van der Waals surface area contributed by atoms with E-state index in [2.05, 4.69) is 0 Å². The topological polar surface area (TPSA) is 565 Å². The van der Waals surface area contributed by atoms with Gasteiger partial charge in [0.15, 0.2) is 49.3 Å². The molecular weight excluding hydrogens is 1060 g/mol. The second-order valence-corrected chi connectivity index (χ2v) is 19.1. The second-order valence-electron chi connectivity index (χ2n) is 19.1. The summed E-state index contributed by atoms with van der Waals surface area (Å²) >= 11 is 0. The maximum Gasteiger partial charge on any atom is 0.218 e. The van der Waals surface area contributed by atoms with Crippen molar-refractivity contribution in [2.75, 3.05) is 46.2 Å². The fourth-order valence-electron chi connectivity index (χ4n) is 9.83. The maximum atomic E-state index is 11.3. The van der Waals surface area contributed by atoms with E-state index < -0.39 is 261 Å². The van der Waals surface area contributed by atoms with Crippen LogP contribution in [0.25, 0.3) is 0 Å². The number of fused-ring (bicyclic) bond motifs is 6. The van der Waals surface area contributed by atoms with Gasteiger partial charge in [-0.25, -0.2) is 0 Å². The number of rotatable bonds is 8. The highest BCUT2D eigenvalue weighted by atomic mass is 16.8. The van der Waals surface area contributed by atoms with Crippen molar-refractivity contribution in [2.45, 2.75) is 203 Å². The third-order valence-electron chi connectivity index (χ3n) is 14.2. The molecule has 0 spiro atoms. The Hall–Kier alpha value is -1.98. The lowest BCUT2D eigenvalue weighted by Gasteiger charge is -2.50. The summed E-state index contributed by atoms with van der Waals surface area (Å²) in [7, 11) is 0. The minimum absolute atomic E-state index is 0.680. The molecule has 13 heterocycles. The quantitative estimate of drug-likeness (QED) is 0.107. The first-order valence-corrected chi connectivity index (χ1v) is 24.3. The van der Waals surface area contributed by atoms with Crippen molar-refractivity contribution in [3.8, 4) is 0 Å². The number of aliphatic hydroxyl groups is 22. The molecule has 77 heavy (non-hydrogen) atoms. The van der Waals surface area contributed by atoms with E-state index in [1.54, 1.807) is 0 Å². The smallest absolute Gasteiger partial charge is 0.218 e. The zero-order valence-corrected chi connectivity index (χ0v) is 40.3. The van der Waals surface area contributed by atoms with Gasteiger partial charge in [0.05, 0.1) is 39.6 Å². The SMILES string of the molecule is OCCC1OC2OC(CO)C(OC3OC(CO)C(OC4OC(CO)C(OC5OC(CO)C(OC6OC(CO)C(OC7OC(CO)C(OC(O)/C(O)=C/1O)C(O)C7O)C(O)C6O)C(O)C5O)C(O)C4O)C(O)C3O)C(O)C2O. The highest BCUT2D eigenvalue weighted by molar-refractivity contribution is 5.09. The monoisotopic (exact) mass is 1130 g/mol. The number of ether oxygens (including phenoxy) is 13. The van der Waals surface area contributed by atoms with Crippen LogP contribution in [0.5, 0.6) is 0 Å². The lowest BCUT2D eigenvalue weighted by molar-refractivity contribution is -0.396. The van der Waals surface area contributed by atoms with Crippen LogP contribution in [-0.4, -0.2) is 355 Å². The Balaban J connectivity index is 1.19. The Labute approximate surface area is 434 Å². The Morgan fingerprint density at radius 2 is 0.455 bits per heavy atom. The van der Waals surface area contributed by atoms with Crippen LogP contribution in [0.3, 0.4) is 0 Å². The van der Waals surface area contributed by atoms with E-state index in [4.69, 9.17) is 61.6 Å². The first-order valence-electron chi connectivity index (χ1n) is 24.3. The van der Waals surface area contributed by atoms with Crippen molar-refractivity contribution in [2.24, 2.45) is 0 Å². The van der Waals surface area contributed by atoms with Crippen molar-refractivity contribution in [3.05, 3.63) is 11.5 Å². The van der Waals surface area contributed by atoms with Crippen LogP contribution in [-0.2, 0) is 61.6 Å². The van der Waals surface area contributed by atoms with Gasteiger partial charge >= 0.3 is 0 Å². The van der Waals surface area contributed by atoms with E-state index in [-0.39, 0.29) is 0 Å². The van der Waals surface area contributed by atoms with Crippen molar-refractivity contribution in [3.63, 3.8) is 0 Å². The minimum Gasteiger partial charge on any atom is -0.506 e. The Kier molecular flexibility index (Phi) is 21.9. The lowest BCUT2D eigenvalue weighted by Crippen LogP contribution is -2.68. The van der Waals surface area contributed by atoms with E-state index >= 15 is 0 Å². The molecule has 35 nitrogen and oxygen atoms in total. The molecule has 0 aromatic heterocycles. The van der Waals surface area contributed by atoms with Gasteiger partial charge in [0.1, 0.15) is 153 Å². The molecule has 0 aromatic carbocycles. The van der Waals surface area contributed by atoms with Crippen LogP contribution < -0.4 is 0 Å². The van der Waals surface area contributed by atoms with Crippen molar-refractivity contribution < 1.29 is 174 Å². The zero-order chi connectivity index (χ0) is 56.5. The fourth-order valence-corrected chi connectivity index (χ4v) is 9.83. The lowest BCUT2D eigenvalue weighted by atomic mass is 9.95. The highest BCUT2D eigenvalue weighted by Crippen LogP contribution is 2.38. The van der Waals surface area contributed by atoms with Gasteiger partial charge in [-0.3, -0.25) is 0 Å². The predicted octanol–water partition coefficient (Wildman–Crippen LogP) is -13.6. The summed E-state index contributed by atoms with van der Waals surface area (Å²) in [6, 6.07) is 0. The third-order valence-corrected chi connectivity index (χ3v) is 14.2. The van der Waals surface area contributed by atoms with Crippen molar-refractivity contribution in [1.82, 2.24) is 0 Å². The van der Waals surface area contributed by atoms with Crippen LogP contribution in [0.2, 0.25) is 0 Å². The number of hydrogen-bond acceptors (Lipinski definition) is 35. The molecule has 6 saturated heterocycles. The first kappa shape index (κ1) is 62.6. The van der Waals surface area contributed by atoms with Gasteiger partial charge in [-0.15, -0.1) is 0 Å². The van der Waals surface area contributed by atoms with Gasteiger partial charge in [-0.05, 0) is 0 Å². The summed E-state index contributed by atoms with van der Waals surface area (Å²) in [6.45, 7) is -7.29. The molecule has 448 valence electrons. The molecule has 0 aromatic rings. The predicted molar refractivity (Wildman–Crippen MR) is 231 cm³/mol. The van der Waals surface area contributed by atoms with E-state index in [1.807, 2.05) is 0 Å². The Morgan fingerprint density at radius 3 is 0.662 bits per heavy atom. The largest absolute Gasteiger partial charge is 0.506 e. The van der Waals surface area contributed by atoms with E-state index in [1.165, 1.54) is 0 Å². The van der Waals surface area contributed by atoms with Crippen LogP contribution in [0, 0.1) is 0 Å². The van der Waals surface area contributed by atoms with Gasteiger partial charge in [-0.1, -0.05) is 0 Å². The normalized spacial score (nSPS) is 52.9. The van der Waals surface area contributed by atoms with Crippen LogP contribution in [0.1, 0.15) is 6.42 Å². The molecule has 22 N–H and O–H groups in total. The van der Waals surface area contributed by atoms with Gasteiger partial charge in [0.25, 0.3) is 0 Å². The maximum absolute atomic E-state index is 11.3. The van der Waals surface area contributed by atoms with Gasteiger partial charge in [0.2, 0.25) is 6.29 Å². The summed E-state index contributed by atoms with van der Waals surface area (Å²) in [6.07, 6.45) is -66.5. The summed E-state index contributed by atoms with van der Waals surface area (Å²) in [5.41, 5.74) is 0. The van der Waals surface area contributed by atoms with Crippen molar-refractivity contribution >= 4 is 0 Å². The van der Waals surface area contributed by atoms with E-state index in [9.17, 15) is 112 Å². The minimum atomic E-state index is -2.71. The molecule has 13 aliphatic heterocycles. The molecule has 32 unspecified atom stereocenters. The summed E-state index contributed by atoms with van der Waals surface area (Å²) in [5, 5.41) is 239. The average molecular weight is 1130 g/mol. The van der Waals surface area contributed by atoms with E-state index in [0.29, 0.717) is 0 Å². The summed E-state index contributed by atoms with van der Waals surface area (Å²) < 4.78 is 72.8. The molecule has 12 bridgehead atoms. The van der Waals surface area contributed by atoms with E-state index in [0.717, 1.165) is 0 Å². The Bertz CT molecular complexity index is 1850. The average Bonchev–Trinajstić information content (AvgIpc) is 3.43. The second kappa shape index (κ2) is 26.9. The summed E-state index contributed by atoms with van der Waals surface area (Å²) in [4.78, 5) is 0. The molecule has 13 rings (SSSR count). The first-order chi connectivity index (χ1) is 36.6. The molecule has 13 aliphatic rings. The third kappa shape index (κ3) is 12.8. The van der Waals surface area contributed by atoms with Crippen LogP contribution in [0.15, 0.2) is 11.5 Å². The van der Waals surface area contributed by atoms with Crippen LogP contribution in [0.4, 0.5) is 0 Å². The zero-order valence-electron chi connectivity index (χ0n) is 40.3. The molecule has 6 fully saturated rings. The standard InChI is InChI=1S/C42H70O35/c43-2-1-9-16(50)23(57)36(64)72-30-10(3-44)67-38(25(59)17(30)51)74-32-12(5-46)69-40(27(61)19(32)53)76-34-14(7-48)71-42(29(63)21(34)55)77-35-15(8-49)70-41(28(62)22(35)56)75-33-13(6-47)68-39(26(60)20(33)54)73-31-11(4-45)66-37(65-9)24(58)18(31)52/h9-15,17-22,24-64H,1-8H2/b23-16+. The molecular formula is C42H70O35. The molecule has 0 amide bonds.